The molecule has 4 aromatic rings. The summed E-state index contributed by atoms with van der Waals surface area (Å²) >= 11 is 0. The molecule has 14 nitrogen and oxygen atoms in total. The Morgan fingerprint density at radius 2 is 1.88 bits per heavy atom. The highest BCUT2D eigenvalue weighted by Gasteiger charge is 2.30. The average Bonchev–Trinajstić information content (AvgIpc) is 3.56. The zero-order chi connectivity index (χ0) is 33.8. The van der Waals surface area contributed by atoms with Gasteiger partial charge in [-0.1, -0.05) is 25.1 Å². The average molecular weight is 660 g/mol. The lowest BCUT2D eigenvalue weighted by Crippen LogP contribution is -2.51. The van der Waals surface area contributed by atoms with Gasteiger partial charge in [-0.15, -0.1) is 5.10 Å². The van der Waals surface area contributed by atoms with E-state index in [9.17, 15) is 23.9 Å². The number of ether oxygens (including phenoxy) is 1. The molecule has 0 radical (unpaired) electrons. The van der Waals surface area contributed by atoms with Gasteiger partial charge in [0.1, 0.15) is 24.4 Å². The molecule has 2 aliphatic rings. The minimum atomic E-state index is -0.414. The van der Waals surface area contributed by atoms with Gasteiger partial charge in [0.05, 0.1) is 24.6 Å². The van der Waals surface area contributed by atoms with Crippen molar-refractivity contribution < 1.29 is 23.8 Å². The van der Waals surface area contributed by atoms with Gasteiger partial charge in [0, 0.05) is 32.7 Å². The van der Waals surface area contributed by atoms with Crippen LogP contribution in [0.15, 0.2) is 41.5 Å². The van der Waals surface area contributed by atoms with Gasteiger partial charge >= 0.3 is 0 Å². The van der Waals surface area contributed by atoms with Gasteiger partial charge in [0.15, 0.2) is 17.3 Å². The van der Waals surface area contributed by atoms with Gasteiger partial charge in [-0.25, -0.2) is 14.4 Å². The number of carbonyl (C=O) groups is 2. The smallest absolute Gasteiger partial charge is 0.299 e. The normalized spacial score (nSPS) is 15.1. The molecule has 15 heteroatoms. The molecule has 0 atom stereocenters. The Bertz CT molecular complexity index is 1910. The molecule has 1 fully saturated rings. The molecule has 2 N–H and O–H groups in total. The van der Waals surface area contributed by atoms with Crippen molar-refractivity contribution in [2.24, 2.45) is 0 Å². The summed E-state index contributed by atoms with van der Waals surface area (Å²) in [7, 11) is 0. The molecular formula is C33H38FN9O5. The van der Waals surface area contributed by atoms with Gasteiger partial charge in [-0.05, 0) is 55.9 Å². The molecule has 0 bridgehead atoms. The minimum absolute atomic E-state index is 0.0600. The van der Waals surface area contributed by atoms with E-state index >= 15 is 0 Å². The topological polar surface area (TPSA) is 160 Å². The van der Waals surface area contributed by atoms with E-state index < -0.39 is 5.91 Å². The Balaban J connectivity index is 1.26. The third-order valence-electron chi connectivity index (χ3n) is 8.68. The molecule has 6 rings (SSSR count). The number of rotatable bonds is 10. The van der Waals surface area contributed by atoms with Crippen molar-refractivity contribution in [1.29, 1.82) is 0 Å². The zero-order valence-electron chi connectivity index (χ0n) is 27.0. The van der Waals surface area contributed by atoms with Crippen molar-refractivity contribution in [3.63, 3.8) is 0 Å². The molecule has 2 amide bonds. The molecule has 5 heterocycles. The number of fused-ring (bicyclic) bond motifs is 1. The molecule has 1 saturated heterocycles. The number of halogens is 1. The number of aromatic hydroxyl groups is 1. The maximum absolute atomic E-state index is 14.1. The summed E-state index contributed by atoms with van der Waals surface area (Å²) < 4.78 is 21.7. The summed E-state index contributed by atoms with van der Waals surface area (Å²) in [6.07, 6.45) is 5.54. The predicted molar refractivity (Wildman–Crippen MR) is 174 cm³/mol. The van der Waals surface area contributed by atoms with Crippen LogP contribution in [0.4, 0.5) is 10.1 Å². The minimum Gasteiger partial charge on any atom is -0.504 e. The van der Waals surface area contributed by atoms with Crippen molar-refractivity contribution in [1.82, 2.24) is 39.3 Å². The highest BCUT2D eigenvalue weighted by atomic mass is 19.1. The molecule has 48 heavy (non-hydrogen) atoms. The largest absolute Gasteiger partial charge is 0.504 e. The fraction of sp³-hybridized carbons (Fsp3) is 0.424. The monoisotopic (exact) mass is 659 g/mol. The van der Waals surface area contributed by atoms with E-state index in [1.807, 2.05) is 17.9 Å². The van der Waals surface area contributed by atoms with Gasteiger partial charge in [-0.2, -0.15) is 9.50 Å². The Hall–Kier alpha value is -5.18. The first-order chi connectivity index (χ1) is 23.2. The summed E-state index contributed by atoms with van der Waals surface area (Å²) in [5.41, 5.74) is 2.79. The molecule has 0 saturated carbocycles. The Labute approximate surface area is 275 Å². The molecule has 0 unspecified atom stereocenters. The summed E-state index contributed by atoms with van der Waals surface area (Å²) in [5, 5.41) is 17.9. The van der Waals surface area contributed by atoms with Crippen molar-refractivity contribution in [3.8, 4) is 5.75 Å². The van der Waals surface area contributed by atoms with Crippen LogP contribution < -0.4 is 15.8 Å². The Kier molecular flexibility index (Phi) is 9.75. The van der Waals surface area contributed by atoms with E-state index in [1.54, 1.807) is 28.5 Å². The van der Waals surface area contributed by atoms with Crippen LogP contribution in [0.5, 0.6) is 5.75 Å². The van der Waals surface area contributed by atoms with E-state index in [1.165, 1.54) is 23.0 Å². The molecule has 0 spiro atoms. The summed E-state index contributed by atoms with van der Waals surface area (Å²) in [5.74, 6) is -0.509. The van der Waals surface area contributed by atoms with Crippen LogP contribution in [0.1, 0.15) is 53.0 Å². The molecule has 252 valence electrons. The highest BCUT2D eigenvalue weighted by Crippen LogP contribution is 2.25. The molecule has 2 aliphatic heterocycles. The number of amides is 2. The first kappa shape index (κ1) is 32.7. The van der Waals surface area contributed by atoms with E-state index in [0.717, 1.165) is 11.1 Å². The van der Waals surface area contributed by atoms with Crippen molar-refractivity contribution in [2.75, 3.05) is 50.8 Å². The maximum Gasteiger partial charge on any atom is 0.299 e. The molecule has 3 aromatic heterocycles. The Morgan fingerprint density at radius 3 is 2.58 bits per heavy atom. The second-order valence-corrected chi connectivity index (χ2v) is 11.8. The molecule has 1 aromatic carbocycles. The molecule has 0 aliphatic carbocycles. The van der Waals surface area contributed by atoms with Crippen LogP contribution in [-0.2, 0) is 28.9 Å². The number of aryl methyl sites for hydroxylation is 2. The first-order valence-electron chi connectivity index (χ1n) is 16.1. The third kappa shape index (κ3) is 6.76. The lowest BCUT2D eigenvalue weighted by atomic mass is 10.1. The van der Waals surface area contributed by atoms with Crippen molar-refractivity contribution in [2.45, 2.75) is 46.1 Å². The predicted octanol–water partition coefficient (Wildman–Crippen LogP) is 1.91. The fourth-order valence-electron chi connectivity index (χ4n) is 6.07. The van der Waals surface area contributed by atoms with Crippen LogP contribution in [0.25, 0.3) is 11.4 Å². The van der Waals surface area contributed by atoms with Gasteiger partial charge in [0.25, 0.3) is 11.5 Å². The number of nitrogens with zero attached hydrogens (tertiary/aromatic N) is 8. The first-order valence-corrected chi connectivity index (χ1v) is 16.1. The summed E-state index contributed by atoms with van der Waals surface area (Å²) in [6, 6.07) is 6.31. The number of piperazine rings is 1. The van der Waals surface area contributed by atoms with E-state index in [-0.39, 0.29) is 54.1 Å². The van der Waals surface area contributed by atoms with E-state index in [4.69, 9.17) is 9.72 Å². The number of benzene rings is 1. The quantitative estimate of drug-likeness (QED) is 0.241. The fourth-order valence-corrected chi connectivity index (χ4v) is 6.07. The van der Waals surface area contributed by atoms with Gasteiger partial charge in [0.2, 0.25) is 11.7 Å². The number of carbonyl (C=O) groups excluding carboxylic acids is 2. The number of aromatic nitrogens is 6. The lowest BCUT2D eigenvalue weighted by Gasteiger charge is -2.36. The van der Waals surface area contributed by atoms with Crippen LogP contribution in [-0.4, -0.2) is 96.9 Å². The van der Waals surface area contributed by atoms with Gasteiger partial charge in [-0.3, -0.25) is 14.4 Å². The maximum atomic E-state index is 14.1. The lowest BCUT2D eigenvalue weighted by molar-refractivity contribution is -0.121. The number of anilines is 1. The van der Waals surface area contributed by atoms with Crippen molar-refractivity contribution in [3.05, 3.63) is 81.3 Å². The van der Waals surface area contributed by atoms with E-state index in [2.05, 4.69) is 20.4 Å². The summed E-state index contributed by atoms with van der Waals surface area (Å²) in [6.45, 7) is 6.05. The van der Waals surface area contributed by atoms with Crippen LogP contribution in [0, 0.1) is 12.7 Å². The summed E-state index contributed by atoms with van der Waals surface area (Å²) in [4.78, 5) is 56.8. The number of nitrogens with one attached hydrogen (secondary N) is 1. The molecular weight excluding hydrogens is 621 g/mol. The van der Waals surface area contributed by atoms with Crippen LogP contribution in [0.2, 0.25) is 0 Å². The standard InChI is InChI=1S/C33H38FN9O5/c1-3-25-28(40-13-15-41(16-14-40)31(46)27-29(45)21(2)36-20-37-27)32(47)43-33(38-30(39-43)23-10-17-48-18-11-23)42(25)19-26(44)35-12-4-5-22-6-8-24(34)9-7-22/h6-10,20,45H,3-5,11-19H2,1-2H3,(H,35,44). The van der Waals surface area contributed by atoms with Gasteiger partial charge < -0.3 is 29.5 Å². The number of hydrogen-bond donors (Lipinski definition) is 2. The number of hydrogen-bond acceptors (Lipinski definition) is 10. The Morgan fingerprint density at radius 1 is 1.10 bits per heavy atom. The zero-order valence-corrected chi connectivity index (χ0v) is 27.0. The van der Waals surface area contributed by atoms with Crippen molar-refractivity contribution >= 4 is 28.9 Å². The van der Waals surface area contributed by atoms with Crippen LogP contribution in [0.3, 0.4) is 0 Å². The SMILES string of the molecule is CCc1c(N2CCN(C(=O)c3ncnc(C)c3O)CC2)c(=O)n2nc(C3=CCOCC3)nc2n1CC(=O)NCCCc1ccc(F)cc1. The third-order valence-corrected chi connectivity index (χ3v) is 8.68. The second kappa shape index (κ2) is 14.3. The highest BCUT2D eigenvalue weighted by molar-refractivity contribution is 5.95. The van der Waals surface area contributed by atoms with Crippen LogP contribution >= 0.6 is 0 Å². The second-order valence-electron chi connectivity index (χ2n) is 11.8. The van der Waals surface area contributed by atoms with E-state index in [0.29, 0.717) is 81.4 Å².